The van der Waals surface area contributed by atoms with Gasteiger partial charge in [0.05, 0.1) is 11.0 Å². The Balaban J connectivity index is 1.73. The molecule has 0 fully saturated rings. The van der Waals surface area contributed by atoms with Gasteiger partial charge in [-0.25, -0.2) is 9.97 Å². The molecular formula is C22H16N4. The number of aromatic nitrogens is 4. The van der Waals surface area contributed by atoms with E-state index in [2.05, 4.69) is 34.2 Å². The fraction of sp³-hybridized carbons (Fsp3) is 0. The van der Waals surface area contributed by atoms with Gasteiger partial charge in [-0.05, 0) is 12.1 Å². The van der Waals surface area contributed by atoms with E-state index in [1.165, 1.54) is 0 Å². The Kier molecular flexibility index (Phi) is 3.39. The highest BCUT2D eigenvalue weighted by molar-refractivity contribution is 5.84. The molecule has 0 radical (unpaired) electrons. The van der Waals surface area contributed by atoms with E-state index in [4.69, 9.17) is 9.97 Å². The van der Waals surface area contributed by atoms with E-state index >= 15 is 0 Å². The third-order valence-corrected chi connectivity index (χ3v) is 4.42. The number of hydrogen-bond donors (Lipinski definition) is 2. The number of benzene rings is 3. The van der Waals surface area contributed by atoms with Crippen molar-refractivity contribution in [2.24, 2.45) is 0 Å². The van der Waals surface area contributed by atoms with Crippen LogP contribution in [0.3, 0.4) is 0 Å². The summed E-state index contributed by atoms with van der Waals surface area (Å²) in [6, 6.07) is 28.4. The van der Waals surface area contributed by atoms with Crippen molar-refractivity contribution in [2.75, 3.05) is 0 Å². The number of aromatic amines is 2. The van der Waals surface area contributed by atoms with E-state index in [1.54, 1.807) is 0 Å². The highest BCUT2D eigenvalue weighted by Crippen LogP contribution is 2.32. The average Bonchev–Trinajstić information content (AvgIpc) is 3.33. The van der Waals surface area contributed by atoms with E-state index < -0.39 is 0 Å². The Bertz CT molecular complexity index is 1140. The van der Waals surface area contributed by atoms with Crippen molar-refractivity contribution in [1.82, 2.24) is 19.9 Å². The van der Waals surface area contributed by atoms with Crippen LogP contribution in [0.25, 0.3) is 45.2 Å². The van der Waals surface area contributed by atoms with E-state index in [0.29, 0.717) is 0 Å². The fourth-order valence-corrected chi connectivity index (χ4v) is 3.15. The van der Waals surface area contributed by atoms with E-state index in [-0.39, 0.29) is 0 Å². The highest BCUT2D eigenvalue weighted by Gasteiger charge is 2.17. The van der Waals surface area contributed by atoms with Crippen LogP contribution < -0.4 is 0 Å². The van der Waals surface area contributed by atoms with Crippen LogP contribution >= 0.6 is 0 Å². The van der Waals surface area contributed by atoms with Crippen molar-refractivity contribution in [3.05, 3.63) is 84.9 Å². The topological polar surface area (TPSA) is 57.4 Å². The largest absolute Gasteiger partial charge is 0.337 e. The van der Waals surface area contributed by atoms with Crippen LogP contribution in [0.15, 0.2) is 84.9 Å². The third kappa shape index (κ3) is 2.48. The number of para-hydroxylation sites is 2. The summed E-state index contributed by atoms with van der Waals surface area (Å²) in [6.45, 7) is 0. The lowest BCUT2D eigenvalue weighted by atomic mass is 10.1. The zero-order valence-electron chi connectivity index (χ0n) is 14.0. The zero-order valence-corrected chi connectivity index (χ0v) is 14.0. The van der Waals surface area contributed by atoms with Crippen molar-refractivity contribution in [3.63, 3.8) is 0 Å². The molecule has 0 saturated heterocycles. The Labute approximate surface area is 150 Å². The lowest BCUT2D eigenvalue weighted by molar-refractivity contribution is 1.27. The predicted octanol–water partition coefficient (Wildman–Crippen LogP) is 5.29. The normalized spacial score (nSPS) is 11.1. The molecule has 3 aromatic carbocycles. The van der Waals surface area contributed by atoms with Crippen LogP contribution in [0, 0.1) is 0 Å². The number of H-pyrrole nitrogens is 2. The van der Waals surface area contributed by atoms with Gasteiger partial charge in [0.15, 0.2) is 5.82 Å². The van der Waals surface area contributed by atoms with Crippen molar-refractivity contribution in [3.8, 4) is 34.2 Å². The molecule has 2 heterocycles. The maximum absolute atomic E-state index is 4.88. The minimum absolute atomic E-state index is 0.791. The predicted molar refractivity (Wildman–Crippen MR) is 105 cm³/mol. The first-order chi connectivity index (χ1) is 12.9. The van der Waals surface area contributed by atoms with Crippen molar-refractivity contribution in [1.29, 1.82) is 0 Å². The van der Waals surface area contributed by atoms with E-state index in [9.17, 15) is 0 Å². The Morgan fingerprint density at radius 2 is 1.19 bits per heavy atom. The molecule has 0 amide bonds. The third-order valence-electron chi connectivity index (χ3n) is 4.42. The van der Waals surface area contributed by atoms with Gasteiger partial charge in [0.2, 0.25) is 0 Å². The Morgan fingerprint density at radius 3 is 1.92 bits per heavy atom. The van der Waals surface area contributed by atoms with Gasteiger partial charge in [-0.15, -0.1) is 0 Å². The van der Waals surface area contributed by atoms with E-state index in [1.807, 2.05) is 60.7 Å². The second-order valence-corrected chi connectivity index (χ2v) is 6.14. The van der Waals surface area contributed by atoms with Gasteiger partial charge in [0, 0.05) is 11.1 Å². The smallest absolute Gasteiger partial charge is 0.157 e. The maximum Gasteiger partial charge on any atom is 0.157 e. The molecule has 0 aliphatic rings. The minimum atomic E-state index is 0.791. The summed E-state index contributed by atoms with van der Waals surface area (Å²) in [7, 11) is 0. The van der Waals surface area contributed by atoms with Gasteiger partial charge in [0.1, 0.15) is 17.2 Å². The first-order valence-electron chi connectivity index (χ1n) is 8.54. The van der Waals surface area contributed by atoms with Gasteiger partial charge in [0.25, 0.3) is 0 Å². The molecule has 0 aliphatic carbocycles. The van der Waals surface area contributed by atoms with Crippen molar-refractivity contribution in [2.45, 2.75) is 0 Å². The molecule has 0 aliphatic heterocycles. The quantitative estimate of drug-likeness (QED) is 0.470. The maximum atomic E-state index is 4.88. The number of nitrogens with zero attached hydrogens (tertiary/aromatic N) is 2. The second-order valence-electron chi connectivity index (χ2n) is 6.14. The first kappa shape index (κ1) is 14.7. The van der Waals surface area contributed by atoms with Gasteiger partial charge in [-0.2, -0.15) is 0 Å². The van der Waals surface area contributed by atoms with Crippen LogP contribution in [0.1, 0.15) is 0 Å². The molecule has 0 spiro atoms. The monoisotopic (exact) mass is 336 g/mol. The summed E-state index contributed by atoms with van der Waals surface area (Å²) >= 11 is 0. The summed E-state index contributed by atoms with van der Waals surface area (Å²) in [4.78, 5) is 16.5. The molecular weight excluding hydrogens is 320 g/mol. The number of hydrogen-bond acceptors (Lipinski definition) is 2. The molecule has 124 valence electrons. The molecule has 0 unspecified atom stereocenters. The van der Waals surface area contributed by atoms with Crippen LogP contribution in [-0.4, -0.2) is 19.9 Å². The average molecular weight is 336 g/mol. The molecule has 0 atom stereocenters. The molecule has 4 nitrogen and oxygen atoms in total. The summed E-state index contributed by atoms with van der Waals surface area (Å²) in [5, 5.41) is 0. The molecule has 26 heavy (non-hydrogen) atoms. The van der Waals surface area contributed by atoms with Crippen LogP contribution in [-0.2, 0) is 0 Å². The molecule has 4 heteroatoms. The fourth-order valence-electron chi connectivity index (χ4n) is 3.15. The molecule has 2 aromatic heterocycles. The zero-order chi connectivity index (χ0) is 17.3. The lowest BCUT2D eigenvalue weighted by Gasteiger charge is -1.99. The highest BCUT2D eigenvalue weighted by atomic mass is 15.0. The standard InChI is InChI=1S/C22H16N4/c1-3-9-15(10-4-1)19-20(22-23-17-13-7-8-14-18(17)24-22)26-21(25-19)16-11-5-2-6-12-16/h1-14H,(H,23,24)(H,25,26). The molecule has 0 saturated carbocycles. The van der Waals surface area contributed by atoms with Gasteiger partial charge in [-0.1, -0.05) is 72.8 Å². The summed E-state index contributed by atoms with van der Waals surface area (Å²) < 4.78 is 0. The van der Waals surface area contributed by atoms with Crippen LogP contribution in [0.5, 0.6) is 0 Å². The van der Waals surface area contributed by atoms with E-state index in [0.717, 1.165) is 45.2 Å². The minimum Gasteiger partial charge on any atom is -0.337 e. The van der Waals surface area contributed by atoms with Crippen molar-refractivity contribution >= 4 is 11.0 Å². The van der Waals surface area contributed by atoms with Gasteiger partial charge in [-0.3, -0.25) is 0 Å². The van der Waals surface area contributed by atoms with Crippen LogP contribution in [0.4, 0.5) is 0 Å². The number of fused-ring (bicyclic) bond motifs is 1. The summed E-state index contributed by atoms with van der Waals surface area (Å²) in [5.41, 5.74) is 5.85. The Morgan fingerprint density at radius 1 is 0.538 bits per heavy atom. The number of nitrogens with one attached hydrogen (secondary N) is 2. The molecule has 5 aromatic rings. The summed E-state index contributed by atoms with van der Waals surface area (Å²) in [5.74, 6) is 1.62. The van der Waals surface area contributed by atoms with Crippen molar-refractivity contribution < 1.29 is 0 Å². The van der Waals surface area contributed by atoms with Gasteiger partial charge < -0.3 is 9.97 Å². The molecule has 0 bridgehead atoms. The first-order valence-corrected chi connectivity index (χ1v) is 8.54. The lowest BCUT2D eigenvalue weighted by Crippen LogP contribution is -1.85. The number of rotatable bonds is 3. The van der Waals surface area contributed by atoms with Crippen LogP contribution in [0.2, 0.25) is 0 Å². The molecule has 2 N–H and O–H groups in total. The summed E-state index contributed by atoms with van der Waals surface area (Å²) in [6.07, 6.45) is 0. The SMILES string of the molecule is c1ccc(-c2nc(-c3ccccc3)c(-c3nc4ccccc4[nH]3)[nH]2)cc1. The number of imidazole rings is 2. The van der Waals surface area contributed by atoms with Gasteiger partial charge >= 0.3 is 0 Å². The molecule has 5 rings (SSSR count). The Hall–Kier alpha value is -3.66. The second kappa shape index (κ2) is 6.01.